The van der Waals surface area contributed by atoms with Gasteiger partial charge >= 0.3 is 0 Å². The molecule has 0 saturated carbocycles. The number of hydrogen-bond acceptors (Lipinski definition) is 6. The minimum absolute atomic E-state index is 0.0807. The summed E-state index contributed by atoms with van der Waals surface area (Å²) in [5.41, 5.74) is 3.66. The summed E-state index contributed by atoms with van der Waals surface area (Å²) in [6.45, 7) is 9.78. The van der Waals surface area contributed by atoms with E-state index < -0.39 is 28.8 Å². The number of ketones is 2. The lowest BCUT2D eigenvalue weighted by atomic mass is 9.63. The van der Waals surface area contributed by atoms with Crippen LogP contribution in [0.25, 0.3) is 5.57 Å². The Morgan fingerprint density at radius 1 is 0.976 bits per heavy atom. The van der Waals surface area contributed by atoms with Crippen molar-refractivity contribution < 1.29 is 23.9 Å². The predicted molar refractivity (Wildman–Crippen MR) is 156 cm³/mol. The molecule has 1 N–H and O–H groups in total. The number of fused-ring (bicyclic) bond motifs is 7. The Morgan fingerprint density at radius 2 is 1.73 bits per heavy atom. The highest BCUT2D eigenvalue weighted by Crippen LogP contribution is 2.59. The number of nitrogens with zero attached hydrogens (tertiary/aromatic N) is 1. The highest BCUT2D eigenvalue weighted by Gasteiger charge is 2.71. The van der Waals surface area contributed by atoms with Crippen molar-refractivity contribution in [2.75, 3.05) is 17.0 Å². The third kappa shape index (κ3) is 3.41. The van der Waals surface area contributed by atoms with E-state index in [1.165, 1.54) is 0 Å². The molecule has 0 unspecified atom stereocenters. The predicted octanol–water partition coefficient (Wildman–Crippen LogP) is 5.70. The molecule has 7 rings (SSSR count). The van der Waals surface area contributed by atoms with Gasteiger partial charge in [-0.3, -0.25) is 14.4 Å². The first-order valence-corrected chi connectivity index (χ1v) is 14.0. The Labute approximate surface area is 239 Å². The average molecular weight is 549 g/mol. The molecule has 7 heteroatoms. The Balaban J connectivity index is 1.54. The lowest BCUT2D eigenvalue weighted by Gasteiger charge is -2.40. The number of carbonyl (C=O) groups is 3. The van der Waals surface area contributed by atoms with Crippen LogP contribution < -0.4 is 19.7 Å². The summed E-state index contributed by atoms with van der Waals surface area (Å²) in [5, 5.41) is 3.08. The first-order valence-electron chi connectivity index (χ1n) is 14.0. The van der Waals surface area contributed by atoms with Gasteiger partial charge in [-0.15, -0.1) is 0 Å². The highest BCUT2D eigenvalue weighted by molar-refractivity contribution is 6.17. The Bertz CT molecular complexity index is 1700. The summed E-state index contributed by atoms with van der Waals surface area (Å²) in [7, 11) is 0. The number of rotatable bonds is 3. The molecule has 4 aliphatic heterocycles. The quantitative estimate of drug-likeness (QED) is 0.423. The summed E-state index contributed by atoms with van der Waals surface area (Å²) in [5.74, 6) is -0.584. The number of hydrogen-bond donors (Lipinski definition) is 1. The lowest BCUT2D eigenvalue weighted by molar-refractivity contribution is -0.128. The summed E-state index contributed by atoms with van der Waals surface area (Å²) in [6.07, 6.45) is 2.08. The van der Waals surface area contributed by atoms with Crippen molar-refractivity contribution in [3.8, 4) is 11.5 Å². The molecule has 1 saturated heterocycles. The van der Waals surface area contributed by atoms with Crippen LogP contribution in [0, 0.1) is 18.3 Å². The molecular weight excluding hydrogens is 516 g/mol. The molecule has 7 nitrogen and oxygen atoms in total. The number of Topliss-reactive ketones (excluding diaryl/α,β-unsaturated/α-hetero) is 2. The number of anilines is 2. The third-order valence-electron chi connectivity index (χ3n) is 9.08. The van der Waals surface area contributed by atoms with Gasteiger partial charge in [0.25, 0.3) is 0 Å². The van der Waals surface area contributed by atoms with E-state index in [1.807, 2.05) is 71.0 Å². The monoisotopic (exact) mass is 548 g/mol. The molecule has 0 radical (unpaired) electrons. The SMILES string of the molecule is CC1=C[C@@H]2N(c3ccc(C)cc31)[C@H](C(=O)C(C)(C)C)[C@H](C(=O)c1ccc3c(c1)OCO3)[C@]21C(=O)Nc2ccccc21. The van der Waals surface area contributed by atoms with Crippen molar-refractivity contribution in [1.82, 2.24) is 0 Å². The van der Waals surface area contributed by atoms with Crippen LogP contribution in [0.15, 0.2) is 66.7 Å². The summed E-state index contributed by atoms with van der Waals surface area (Å²) in [4.78, 5) is 46.0. The third-order valence-corrected chi connectivity index (χ3v) is 9.08. The highest BCUT2D eigenvalue weighted by atomic mass is 16.7. The smallest absolute Gasteiger partial charge is 0.238 e. The fourth-order valence-corrected chi connectivity index (χ4v) is 7.22. The summed E-state index contributed by atoms with van der Waals surface area (Å²) < 4.78 is 11.1. The molecule has 3 aromatic carbocycles. The van der Waals surface area contributed by atoms with E-state index in [2.05, 4.69) is 22.4 Å². The van der Waals surface area contributed by atoms with Crippen LogP contribution in [-0.2, 0) is 15.0 Å². The first kappa shape index (κ1) is 25.6. The van der Waals surface area contributed by atoms with Gasteiger partial charge in [0.05, 0.1) is 12.0 Å². The zero-order valence-electron chi connectivity index (χ0n) is 23.8. The van der Waals surface area contributed by atoms with Crippen LogP contribution in [0.4, 0.5) is 11.4 Å². The molecule has 0 aliphatic carbocycles. The van der Waals surface area contributed by atoms with Crippen molar-refractivity contribution in [3.63, 3.8) is 0 Å². The van der Waals surface area contributed by atoms with E-state index in [-0.39, 0.29) is 24.3 Å². The fraction of sp³-hybridized carbons (Fsp3) is 0.324. The van der Waals surface area contributed by atoms with E-state index in [0.717, 1.165) is 28.0 Å². The van der Waals surface area contributed by atoms with E-state index >= 15 is 0 Å². The number of benzene rings is 3. The van der Waals surface area contributed by atoms with Crippen LogP contribution in [0.5, 0.6) is 11.5 Å². The second-order valence-corrected chi connectivity index (χ2v) is 12.6. The molecule has 4 heterocycles. The maximum atomic E-state index is 14.9. The topological polar surface area (TPSA) is 84.9 Å². The van der Waals surface area contributed by atoms with Gasteiger partial charge in [-0.2, -0.15) is 0 Å². The molecule has 3 aromatic rings. The number of allylic oxidation sites excluding steroid dienone is 1. The largest absolute Gasteiger partial charge is 0.454 e. The molecule has 1 spiro atoms. The van der Waals surface area contributed by atoms with Gasteiger partial charge in [-0.1, -0.05) is 56.7 Å². The zero-order valence-corrected chi connectivity index (χ0v) is 23.8. The zero-order chi connectivity index (χ0) is 28.8. The normalized spacial score (nSPS) is 25.4. The summed E-state index contributed by atoms with van der Waals surface area (Å²) in [6, 6.07) is 17.4. The van der Waals surface area contributed by atoms with Crippen molar-refractivity contribution in [1.29, 1.82) is 0 Å². The second kappa shape index (κ2) is 8.56. The number of para-hydroxylation sites is 1. The lowest BCUT2D eigenvalue weighted by Crippen LogP contribution is -2.51. The van der Waals surface area contributed by atoms with Crippen molar-refractivity contribution in [3.05, 3.63) is 89.0 Å². The molecule has 4 atom stereocenters. The van der Waals surface area contributed by atoms with Crippen molar-refractivity contribution in [2.24, 2.45) is 11.3 Å². The van der Waals surface area contributed by atoms with Crippen LogP contribution in [0.1, 0.15) is 54.7 Å². The Morgan fingerprint density at radius 3 is 2.51 bits per heavy atom. The van der Waals surface area contributed by atoms with Crippen LogP contribution >= 0.6 is 0 Å². The minimum atomic E-state index is -1.33. The van der Waals surface area contributed by atoms with Gasteiger partial charge in [0.15, 0.2) is 23.1 Å². The van der Waals surface area contributed by atoms with Gasteiger partial charge in [0, 0.05) is 27.9 Å². The molecule has 1 amide bonds. The van der Waals surface area contributed by atoms with E-state index in [1.54, 1.807) is 18.2 Å². The Hall–Kier alpha value is -4.39. The molecule has 0 aromatic heterocycles. The number of carbonyl (C=O) groups excluding carboxylic acids is 3. The van der Waals surface area contributed by atoms with Gasteiger partial charge in [-0.05, 0) is 61.4 Å². The maximum absolute atomic E-state index is 14.9. The molecule has 208 valence electrons. The van der Waals surface area contributed by atoms with Gasteiger partial charge in [0.1, 0.15) is 11.5 Å². The number of ether oxygens (including phenoxy) is 2. The van der Waals surface area contributed by atoms with Crippen molar-refractivity contribution in [2.45, 2.75) is 52.1 Å². The minimum Gasteiger partial charge on any atom is -0.454 e. The molecule has 1 fully saturated rings. The molecule has 4 aliphatic rings. The van der Waals surface area contributed by atoms with Gasteiger partial charge < -0.3 is 19.7 Å². The van der Waals surface area contributed by atoms with E-state index in [4.69, 9.17) is 9.47 Å². The number of amides is 1. The van der Waals surface area contributed by atoms with Crippen LogP contribution in [0.3, 0.4) is 0 Å². The summed E-state index contributed by atoms with van der Waals surface area (Å²) >= 11 is 0. The van der Waals surface area contributed by atoms with Crippen LogP contribution in [-0.4, -0.2) is 36.4 Å². The number of nitrogens with one attached hydrogen (secondary N) is 1. The van der Waals surface area contributed by atoms with Crippen molar-refractivity contribution >= 4 is 34.4 Å². The van der Waals surface area contributed by atoms with E-state index in [0.29, 0.717) is 22.7 Å². The second-order valence-electron chi connectivity index (χ2n) is 12.6. The van der Waals surface area contributed by atoms with Crippen LogP contribution in [0.2, 0.25) is 0 Å². The molecule has 0 bridgehead atoms. The number of aryl methyl sites for hydroxylation is 1. The first-order chi connectivity index (χ1) is 19.5. The van der Waals surface area contributed by atoms with E-state index in [9.17, 15) is 14.4 Å². The average Bonchev–Trinajstić information content (AvgIpc) is 3.61. The maximum Gasteiger partial charge on any atom is 0.238 e. The van der Waals surface area contributed by atoms with Gasteiger partial charge in [-0.25, -0.2) is 0 Å². The standard InChI is InChI=1S/C34H32N2O5/c1-18-10-12-24-21(14-18)19(2)15-27-34(22-8-6-7-9-23(22)35-32(34)39)28(29(36(24)27)31(38)33(3,4)5)30(37)20-11-13-25-26(16-20)41-17-40-25/h6-16,27-29H,17H2,1-5H3,(H,35,39)/t27-,28+,29-,34+/m0/s1. The fourth-order valence-electron chi connectivity index (χ4n) is 7.22. The van der Waals surface area contributed by atoms with Gasteiger partial charge in [0.2, 0.25) is 12.7 Å². The Kier molecular flexibility index (Phi) is 5.34. The molecular formula is C34H32N2O5. The molecule has 41 heavy (non-hydrogen) atoms.